The molecule has 0 unspecified atom stereocenters. The fourth-order valence-electron chi connectivity index (χ4n) is 2.57. The van der Waals surface area contributed by atoms with Crippen LogP contribution in [0.4, 0.5) is 4.79 Å². The van der Waals surface area contributed by atoms with Crippen LogP contribution in [0.1, 0.15) is 21.9 Å². The summed E-state index contributed by atoms with van der Waals surface area (Å²) in [6.45, 7) is -0.655. The summed E-state index contributed by atoms with van der Waals surface area (Å²) >= 11 is 3.27. The Morgan fingerprint density at radius 2 is 2.03 bits per heavy atom. The van der Waals surface area contributed by atoms with Crippen LogP contribution >= 0.6 is 15.9 Å². The number of nitrogens with one attached hydrogen (secondary N) is 1. The van der Waals surface area contributed by atoms with Crippen LogP contribution in [-0.2, 0) is 20.9 Å². The number of hydrogen-bond donors (Lipinski definition) is 2. The van der Waals surface area contributed by atoms with Crippen molar-refractivity contribution in [3.8, 4) is 5.75 Å². The summed E-state index contributed by atoms with van der Waals surface area (Å²) in [5.41, 5.74) is 0.617. The van der Waals surface area contributed by atoms with Crippen molar-refractivity contribution < 1.29 is 38.2 Å². The van der Waals surface area contributed by atoms with E-state index < -0.39 is 30.5 Å². The third-order valence-corrected chi connectivity index (χ3v) is 4.56. The highest BCUT2D eigenvalue weighted by atomic mass is 79.9. The number of aliphatic carboxylic acids is 1. The van der Waals surface area contributed by atoms with Gasteiger partial charge >= 0.3 is 18.0 Å². The highest BCUT2D eigenvalue weighted by Gasteiger charge is 2.34. The van der Waals surface area contributed by atoms with Gasteiger partial charge in [-0.2, -0.15) is 0 Å². The average Bonchev–Trinajstić information content (AvgIpc) is 3.27. The summed E-state index contributed by atoms with van der Waals surface area (Å²) in [7, 11) is 1.21. The molecule has 0 aliphatic carbocycles. The molecule has 0 radical (unpaired) electrons. The number of esters is 1. The zero-order valence-electron chi connectivity index (χ0n) is 15.5. The van der Waals surface area contributed by atoms with E-state index in [2.05, 4.69) is 26.0 Å². The highest BCUT2D eigenvalue weighted by Crippen LogP contribution is 2.27. The number of carbonyl (C=O) groups excluding carboxylic acids is 3. The van der Waals surface area contributed by atoms with E-state index in [1.165, 1.54) is 31.4 Å². The normalized spacial score (nSPS) is 14.7. The predicted octanol–water partition coefficient (Wildman–Crippen LogP) is 2.38. The van der Waals surface area contributed by atoms with Gasteiger partial charge in [-0.25, -0.2) is 14.4 Å². The number of carboxylic acid groups (broad SMARTS) is 1. The van der Waals surface area contributed by atoms with E-state index in [9.17, 15) is 19.2 Å². The molecule has 10 nitrogen and oxygen atoms in total. The van der Waals surface area contributed by atoms with Crippen LogP contribution in [0.15, 0.2) is 44.9 Å². The monoisotopic (exact) mass is 478 g/mol. The van der Waals surface area contributed by atoms with Crippen LogP contribution in [-0.4, -0.2) is 47.6 Å². The molecule has 0 atom stereocenters. The Morgan fingerprint density at radius 3 is 2.70 bits per heavy atom. The van der Waals surface area contributed by atoms with Crippen LogP contribution in [0.5, 0.6) is 5.75 Å². The molecule has 30 heavy (non-hydrogen) atoms. The summed E-state index contributed by atoms with van der Waals surface area (Å²) in [4.78, 5) is 47.8. The highest BCUT2D eigenvalue weighted by molar-refractivity contribution is 9.10. The molecule has 1 aliphatic heterocycles. The first kappa shape index (κ1) is 21.1. The van der Waals surface area contributed by atoms with Gasteiger partial charge in [0.05, 0.1) is 18.1 Å². The SMILES string of the molecule is COC(=O)c1ccc(CN2C(=O)NC(=Cc3ccc(OCC(=O)O)c(Br)c3)C2=O)o1. The van der Waals surface area contributed by atoms with Crippen molar-refractivity contribution in [3.63, 3.8) is 0 Å². The number of methoxy groups -OCH3 is 1. The zero-order valence-corrected chi connectivity index (χ0v) is 17.1. The lowest BCUT2D eigenvalue weighted by Gasteiger charge is -2.09. The van der Waals surface area contributed by atoms with E-state index in [0.717, 1.165) is 4.90 Å². The number of carboxylic acids is 1. The molecule has 11 heteroatoms. The maximum absolute atomic E-state index is 12.6. The van der Waals surface area contributed by atoms with Crippen LogP contribution in [0.3, 0.4) is 0 Å². The maximum Gasteiger partial charge on any atom is 0.373 e. The van der Waals surface area contributed by atoms with Crippen LogP contribution in [0, 0.1) is 0 Å². The van der Waals surface area contributed by atoms with Gasteiger partial charge < -0.3 is 24.3 Å². The van der Waals surface area contributed by atoms with Crippen molar-refractivity contribution in [1.29, 1.82) is 0 Å². The number of ether oxygens (including phenoxy) is 2. The minimum atomic E-state index is -1.11. The minimum absolute atomic E-state index is 0.0367. The molecular formula is C19H15BrN2O8. The van der Waals surface area contributed by atoms with E-state index in [-0.39, 0.29) is 23.8 Å². The number of carbonyl (C=O) groups is 4. The first-order valence-corrected chi connectivity index (χ1v) is 9.23. The largest absolute Gasteiger partial charge is 0.481 e. The van der Waals surface area contributed by atoms with E-state index in [4.69, 9.17) is 14.3 Å². The number of rotatable bonds is 7. The lowest BCUT2D eigenvalue weighted by Crippen LogP contribution is -2.30. The third-order valence-electron chi connectivity index (χ3n) is 3.94. The van der Waals surface area contributed by atoms with E-state index in [0.29, 0.717) is 15.8 Å². The van der Waals surface area contributed by atoms with E-state index >= 15 is 0 Å². The Balaban J connectivity index is 1.73. The van der Waals surface area contributed by atoms with Gasteiger partial charge in [-0.15, -0.1) is 0 Å². The maximum atomic E-state index is 12.6. The molecule has 0 bridgehead atoms. The topological polar surface area (TPSA) is 135 Å². The van der Waals surface area contributed by atoms with Gasteiger partial charge in [0.15, 0.2) is 6.61 Å². The quantitative estimate of drug-likeness (QED) is 0.351. The fraction of sp³-hybridized carbons (Fsp3) is 0.158. The molecule has 156 valence electrons. The second-order valence-corrected chi connectivity index (χ2v) is 6.86. The van der Waals surface area contributed by atoms with Crippen LogP contribution in [0.2, 0.25) is 0 Å². The molecule has 3 amide bonds. The van der Waals surface area contributed by atoms with Crippen molar-refractivity contribution >= 4 is 45.9 Å². The summed E-state index contributed by atoms with van der Waals surface area (Å²) in [5, 5.41) is 11.2. The molecule has 1 aliphatic rings. The van der Waals surface area contributed by atoms with Gasteiger partial charge in [0.2, 0.25) is 5.76 Å². The lowest BCUT2D eigenvalue weighted by atomic mass is 10.2. The van der Waals surface area contributed by atoms with E-state index in [1.54, 1.807) is 12.1 Å². The van der Waals surface area contributed by atoms with Crippen molar-refractivity contribution in [1.82, 2.24) is 10.2 Å². The van der Waals surface area contributed by atoms with E-state index in [1.807, 2.05) is 0 Å². The second kappa shape index (κ2) is 8.82. The Hall–Kier alpha value is -3.60. The second-order valence-electron chi connectivity index (χ2n) is 6.01. The van der Waals surface area contributed by atoms with Crippen LogP contribution in [0.25, 0.3) is 6.08 Å². The van der Waals surface area contributed by atoms with Crippen molar-refractivity contribution in [2.24, 2.45) is 0 Å². The van der Waals surface area contributed by atoms with Crippen molar-refractivity contribution in [2.75, 3.05) is 13.7 Å². The molecule has 2 heterocycles. The molecule has 3 rings (SSSR count). The predicted molar refractivity (Wildman–Crippen MR) is 104 cm³/mol. The van der Waals surface area contributed by atoms with Gasteiger partial charge in [0, 0.05) is 0 Å². The average molecular weight is 479 g/mol. The number of nitrogens with zero attached hydrogens (tertiary/aromatic N) is 1. The summed E-state index contributed by atoms with van der Waals surface area (Å²) in [6.07, 6.45) is 1.47. The zero-order chi connectivity index (χ0) is 21.8. The Morgan fingerprint density at radius 1 is 1.27 bits per heavy atom. The van der Waals surface area contributed by atoms with Crippen molar-refractivity contribution in [2.45, 2.75) is 6.54 Å². The standard InChI is InChI=1S/C19H15BrN2O8/c1-28-18(26)15-5-3-11(30-15)8-22-17(25)13(21-19(22)27)7-10-2-4-14(12(20)6-10)29-9-16(23)24/h2-7H,8-9H2,1H3,(H,21,27)(H,23,24). The number of amides is 3. The molecule has 2 aromatic rings. The third kappa shape index (κ3) is 4.69. The number of imide groups is 1. The first-order chi connectivity index (χ1) is 14.3. The fourth-order valence-corrected chi connectivity index (χ4v) is 3.09. The molecular weight excluding hydrogens is 464 g/mol. The van der Waals surface area contributed by atoms with Gasteiger partial charge in [0.25, 0.3) is 5.91 Å². The van der Waals surface area contributed by atoms with Gasteiger partial charge in [-0.3, -0.25) is 9.69 Å². The summed E-state index contributed by atoms with van der Waals surface area (Å²) in [5.74, 6) is -1.82. The molecule has 1 aromatic heterocycles. The number of urea groups is 1. The summed E-state index contributed by atoms with van der Waals surface area (Å²) < 4.78 is 15.4. The van der Waals surface area contributed by atoms with Crippen molar-refractivity contribution in [3.05, 3.63) is 57.6 Å². The minimum Gasteiger partial charge on any atom is -0.481 e. The van der Waals surface area contributed by atoms with Gasteiger partial charge in [0.1, 0.15) is 17.2 Å². The Kier molecular flexibility index (Phi) is 6.21. The molecule has 1 aromatic carbocycles. The number of halogens is 1. The Bertz CT molecular complexity index is 1060. The first-order valence-electron chi connectivity index (χ1n) is 8.44. The number of hydrogen-bond acceptors (Lipinski definition) is 7. The smallest absolute Gasteiger partial charge is 0.373 e. The molecule has 0 spiro atoms. The van der Waals surface area contributed by atoms with Crippen LogP contribution < -0.4 is 10.1 Å². The lowest BCUT2D eigenvalue weighted by molar-refractivity contribution is -0.139. The number of benzene rings is 1. The molecule has 1 fully saturated rings. The van der Waals surface area contributed by atoms with Gasteiger partial charge in [-0.05, 0) is 51.8 Å². The summed E-state index contributed by atoms with van der Waals surface area (Å²) in [6, 6.07) is 6.98. The van der Waals surface area contributed by atoms with Gasteiger partial charge in [-0.1, -0.05) is 6.07 Å². The molecule has 1 saturated heterocycles. The Labute approximate surface area is 178 Å². The molecule has 0 saturated carbocycles. The number of furan rings is 1. The molecule has 2 N–H and O–H groups in total.